The molecule has 24 heavy (non-hydrogen) atoms. The highest BCUT2D eigenvalue weighted by molar-refractivity contribution is 7.13. The Morgan fingerprint density at radius 3 is 2.92 bits per heavy atom. The van der Waals surface area contributed by atoms with E-state index in [1.807, 2.05) is 30.5 Å². The van der Waals surface area contributed by atoms with Crippen LogP contribution in [0.15, 0.2) is 40.1 Å². The van der Waals surface area contributed by atoms with Gasteiger partial charge in [-0.1, -0.05) is 11.6 Å². The maximum absolute atomic E-state index is 12.1. The van der Waals surface area contributed by atoms with E-state index in [0.717, 1.165) is 10.8 Å². The molecule has 0 spiro atoms. The van der Waals surface area contributed by atoms with Crippen molar-refractivity contribution in [2.24, 2.45) is 0 Å². The lowest BCUT2D eigenvalue weighted by atomic mass is 10.2. The van der Waals surface area contributed by atoms with Gasteiger partial charge in [-0.05, 0) is 37.3 Å². The monoisotopic (exact) mass is 357 g/mol. The van der Waals surface area contributed by atoms with E-state index in [1.54, 1.807) is 18.2 Å². The van der Waals surface area contributed by atoms with Crippen LogP contribution < -0.4 is 5.32 Å². The molecule has 0 unspecified atom stereocenters. The smallest absolute Gasteiger partial charge is 0.230 e. The molecule has 1 aromatic carbocycles. The summed E-state index contributed by atoms with van der Waals surface area (Å²) < 4.78 is 5.52. The summed E-state index contributed by atoms with van der Waals surface area (Å²) in [4.78, 5) is 16.5. The van der Waals surface area contributed by atoms with Crippen molar-refractivity contribution < 1.29 is 9.21 Å². The van der Waals surface area contributed by atoms with Gasteiger partial charge in [0.2, 0.25) is 5.91 Å². The van der Waals surface area contributed by atoms with Crippen LogP contribution in [0.2, 0.25) is 5.02 Å². The van der Waals surface area contributed by atoms with Gasteiger partial charge in [-0.25, -0.2) is 4.98 Å². The SMILES string of the molecule is Cc1ccc(-c2nc(CC(=O)Nc3ccc(C#N)c(Cl)c3)cs2)o1. The van der Waals surface area contributed by atoms with Gasteiger partial charge >= 0.3 is 0 Å². The summed E-state index contributed by atoms with van der Waals surface area (Å²) >= 11 is 7.38. The lowest BCUT2D eigenvalue weighted by Gasteiger charge is -2.05. The number of carbonyl (C=O) groups excluding carboxylic acids is 1. The molecular formula is C17H12ClN3O2S. The summed E-state index contributed by atoms with van der Waals surface area (Å²) in [7, 11) is 0. The average molecular weight is 358 g/mol. The van der Waals surface area contributed by atoms with Gasteiger partial charge in [0, 0.05) is 11.1 Å². The molecular weight excluding hydrogens is 346 g/mol. The molecule has 0 atom stereocenters. The van der Waals surface area contributed by atoms with E-state index in [-0.39, 0.29) is 12.3 Å². The molecule has 120 valence electrons. The number of thiazole rings is 1. The van der Waals surface area contributed by atoms with Crippen molar-refractivity contribution in [3.05, 3.63) is 57.8 Å². The standard InChI is InChI=1S/C17H12ClN3O2S/c1-10-2-5-15(23-10)17-21-13(9-24-17)7-16(22)20-12-4-3-11(8-19)14(18)6-12/h2-6,9H,7H2,1H3,(H,20,22). The second-order valence-corrected chi connectivity index (χ2v) is 6.35. The highest BCUT2D eigenvalue weighted by Crippen LogP contribution is 2.26. The topological polar surface area (TPSA) is 78.9 Å². The predicted octanol–water partition coefficient (Wildman–Crippen LogP) is 4.42. The van der Waals surface area contributed by atoms with Crippen molar-refractivity contribution in [1.29, 1.82) is 5.26 Å². The van der Waals surface area contributed by atoms with Crippen molar-refractivity contribution in [1.82, 2.24) is 4.98 Å². The molecule has 2 heterocycles. The summed E-state index contributed by atoms with van der Waals surface area (Å²) in [6.45, 7) is 1.87. The quantitative estimate of drug-likeness (QED) is 0.749. The molecule has 7 heteroatoms. The van der Waals surface area contributed by atoms with Gasteiger partial charge in [0.05, 0.1) is 22.7 Å². The summed E-state index contributed by atoms with van der Waals surface area (Å²) in [5.74, 6) is 1.31. The Morgan fingerprint density at radius 1 is 1.42 bits per heavy atom. The number of nitriles is 1. The van der Waals surface area contributed by atoms with Crippen LogP contribution in [0.3, 0.4) is 0 Å². The molecule has 0 aliphatic rings. The fourth-order valence-electron chi connectivity index (χ4n) is 2.10. The third kappa shape index (κ3) is 3.65. The molecule has 1 amide bonds. The number of aromatic nitrogens is 1. The number of hydrogen-bond acceptors (Lipinski definition) is 5. The van der Waals surface area contributed by atoms with Crippen molar-refractivity contribution in [3.8, 4) is 16.8 Å². The minimum atomic E-state index is -0.205. The highest BCUT2D eigenvalue weighted by atomic mass is 35.5. The van der Waals surface area contributed by atoms with Crippen molar-refractivity contribution >= 4 is 34.5 Å². The second kappa shape index (κ2) is 6.87. The first-order valence-corrected chi connectivity index (χ1v) is 8.31. The Labute approximate surface area is 147 Å². The molecule has 0 saturated heterocycles. The fourth-order valence-corrected chi connectivity index (χ4v) is 3.11. The van der Waals surface area contributed by atoms with Gasteiger partial charge in [0.1, 0.15) is 11.8 Å². The lowest BCUT2D eigenvalue weighted by Crippen LogP contribution is -2.14. The van der Waals surface area contributed by atoms with E-state index < -0.39 is 0 Å². The van der Waals surface area contributed by atoms with E-state index >= 15 is 0 Å². The zero-order chi connectivity index (χ0) is 17.1. The lowest BCUT2D eigenvalue weighted by molar-refractivity contribution is -0.115. The van der Waals surface area contributed by atoms with Gasteiger partial charge in [0.25, 0.3) is 0 Å². The minimum absolute atomic E-state index is 0.147. The van der Waals surface area contributed by atoms with Crippen molar-refractivity contribution in [3.63, 3.8) is 0 Å². The van der Waals surface area contributed by atoms with Gasteiger partial charge in [-0.15, -0.1) is 11.3 Å². The third-order valence-corrected chi connectivity index (χ3v) is 4.44. The van der Waals surface area contributed by atoms with Crippen LogP contribution in [0, 0.1) is 18.3 Å². The number of aryl methyl sites for hydroxylation is 1. The van der Waals surface area contributed by atoms with E-state index in [9.17, 15) is 4.79 Å². The van der Waals surface area contributed by atoms with Gasteiger partial charge in [0.15, 0.2) is 10.8 Å². The van der Waals surface area contributed by atoms with Gasteiger partial charge < -0.3 is 9.73 Å². The normalized spacial score (nSPS) is 10.4. The number of nitrogens with one attached hydrogen (secondary N) is 1. The highest BCUT2D eigenvalue weighted by Gasteiger charge is 2.12. The number of carbonyl (C=O) groups is 1. The molecule has 0 radical (unpaired) electrons. The first-order chi connectivity index (χ1) is 11.5. The van der Waals surface area contributed by atoms with E-state index in [4.69, 9.17) is 21.3 Å². The Balaban J connectivity index is 1.66. The molecule has 0 fully saturated rings. The van der Waals surface area contributed by atoms with E-state index in [1.165, 1.54) is 11.3 Å². The van der Waals surface area contributed by atoms with Crippen LogP contribution in [0.4, 0.5) is 5.69 Å². The maximum atomic E-state index is 12.1. The van der Waals surface area contributed by atoms with Gasteiger partial charge in [-0.3, -0.25) is 4.79 Å². The summed E-state index contributed by atoms with van der Waals surface area (Å²) in [5, 5.41) is 14.5. The zero-order valence-corrected chi connectivity index (χ0v) is 14.2. The number of halogens is 1. The van der Waals surface area contributed by atoms with Gasteiger partial charge in [-0.2, -0.15) is 5.26 Å². The predicted molar refractivity (Wildman–Crippen MR) is 93.1 cm³/mol. The van der Waals surface area contributed by atoms with Crippen LogP contribution >= 0.6 is 22.9 Å². The molecule has 0 bridgehead atoms. The number of rotatable bonds is 4. The third-order valence-electron chi connectivity index (χ3n) is 3.22. The zero-order valence-electron chi connectivity index (χ0n) is 12.7. The van der Waals surface area contributed by atoms with Crippen LogP contribution in [0.25, 0.3) is 10.8 Å². The van der Waals surface area contributed by atoms with E-state index in [0.29, 0.717) is 27.7 Å². The molecule has 1 N–H and O–H groups in total. The van der Waals surface area contributed by atoms with Crippen LogP contribution in [-0.4, -0.2) is 10.9 Å². The summed E-state index contributed by atoms with van der Waals surface area (Å²) in [5.41, 5.74) is 1.58. The number of nitrogens with zero attached hydrogens (tertiary/aromatic N) is 2. The summed E-state index contributed by atoms with van der Waals surface area (Å²) in [6.07, 6.45) is 0.147. The van der Waals surface area contributed by atoms with Crippen LogP contribution in [0.5, 0.6) is 0 Å². The van der Waals surface area contributed by atoms with Crippen molar-refractivity contribution in [2.75, 3.05) is 5.32 Å². The number of amides is 1. The number of benzene rings is 1. The van der Waals surface area contributed by atoms with Crippen LogP contribution in [0.1, 0.15) is 17.0 Å². The molecule has 0 aliphatic carbocycles. The second-order valence-electron chi connectivity index (χ2n) is 5.09. The minimum Gasteiger partial charge on any atom is -0.459 e. The molecule has 3 rings (SSSR count). The molecule has 2 aromatic heterocycles. The Morgan fingerprint density at radius 2 is 2.25 bits per heavy atom. The Bertz CT molecular complexity index is 939. The summed E-state index contributed by atoms with van der Waals surface area (Å²) in [6, 6.07) is 10.5. The van der Waals surface area contributed by atoms with Crippen LogP contribution in [-0.2, 0) is 11.2 Å². The largest absolute Gasteiger partial charge is 0.459 e. The average Bonchev–Trinajstić information content (AvgIpc) is 3.16. The number of anilines is 1. The number of furan rings is 1. The first-order valence-electron chi connectivity index (χ1n) is 7.06. The molecule has 0 aliphatic heterocycles. The Hall–Kier alpha value is -2.62. The molecule has 3 aromatic rings. The maximum Gasteiger partial charge on any atom is 0.230 e. The fraction of sp³-hybridized carbons (Fsp3) is 0.118. The molecule has 0 saturated carbocycles. The van der Waals surface area contributed by atoms with Crippen molar-refractivity contribution in [2.45, 2.75) is 13.3 Å². The first kappa shape index (κ1) is 16.2. The number of hydrogen-bond donors (Lipinski definition) is 1. The molecule has 5 nitrogen and oxygen atoms in total. The van der Waals surface area contributed by atoms with E-state index in [2.05, 4.69) is 10.3 Å². The Kier molecular flexibility index (Phi) is 4.65.